The van der Waals surface area contributed by atoms with Gasteiger partial charge in [0, 0.05) is 0 Å². The Morgan fingerprint density at radius 3 is 1.60 bits per heavy atom. The van der Waals surface area contributed by atoms with E-state index in [0.29, 0.717) is 3.63 Å². The molecule has 0 bridgehead atoms. The van der Waals surface area contributed by atoms with Gasteiger partial charge in [-0.3, -0.25) is 0 Å². The van der Waals surface area contributed by atoms with E-state index in [0.717, 1.165) is 27.2 Å². The summed E-state index contributed by atoms with van der Waals surface area (Å²) in [6.07, 6.45) is 10.4. The zero-order chi connectivity index (χ0) is 34.9. The SMILES string of the molecule is CC(C)(C)c1ccc2c(c1)-c1cc(C(C)(C)C)c[c]([Zr+2](=[C](c3ccc(Cl)c4ccccc34)c3ccc(Cl)c4ccccc34)[CH]3C=CC=C3)c1C2.[Cl-].[Cl-]. The Bertz CT molecular complexity index is 2350. The van der Waals surface area contributed by atoms with E-state index in [9.17, 15) is 0 Å². The molecular weight excluding hydrogens is 798 g/mol. The number of fused-ring (bicyclic) bond motifs is 5. The zero-order valence-corrected chi connectivity index (χ0v) is 35.9. The number of hydrogen-bond acceptors (Lipinski definition) is 0. The summed E-state index contributed by atoms with van der Waals surface area (Å²) in [6.45, 7) is 14.0. The first-order valence-electron chi connectivity index (χ1n) is 17.7. The molecule has 52 heavy (non-hydrogen) atoms. The van der Waals surface area contributed by atoms with Crippen LogP contribution in [0.4, 0.5) is 0 Å². The molecule has 0 N–H and O–H groups in total. The van der Waals surface area contributed by atoms with E-state index >= 15 is 0 Å². The van der Waals surface area contributed by atoms with Gasteiger partial charge in [-0.2, -0.15) is 0 Å². The van der Waals surface area contributed by atoms with Gasteiger partial charge in [0.1, 0.15) is 0 Å². The molecule has 5 heteroatoms. The van der Waals surface area contributed by atoms with E-state index in [1.807, 2.05) is 0 Å². The maximum atomic E-state index is 6.93. The van der Waals surface area contributed by atoms with Crippen molar-refractivity contribution in [1.29, 1.82) is 0 Å². The van der Waals surface area contributed by atoms with E-state index in [4.69, 9.17) is 23.2 Å². The second-order valence-corrected chi connectivity index (χ2v) is 23.0. The van der Waals surface area contributed by atoms with Crippen LogP contribution in [0.15, 0.2) is 127 Å². The van der Waals surface area contributed by atoms with Crippen molar-refractivity contribution in [2.45, 2.75) is 62.4 Å². The Labute approximate surface area is 338 Å². The van der Waals surface area contributed by atoms with E-state index in [-0.39, 0.29) is 35.6 Å². The van der Waals surface area contributed by atoms with Gasteiger partial charge in [0.05, 0.1) is 0 Å². The van der Waals surface area contributed by atoms with Crippen LogP contribution in [-0.4, -0.2) is 3.21 Å². The fraction of sp³-hybridized carbons (Fsp3) is 0.213. The fourth-order valence-electron chi connectivity index (χ4n) is 7.92. The van der Waals surface area contributed by atoms with Crippen LogP contribution >= 0.6 is 23.2 Å². The molecule has 0 radical (unpaired) electrons. The smallest absolute Gasteiger partial charge is 1.00 e. The van der Waals surface area contributed by atoms with Crippen molar-refractivity contribution in [3.63, 3.8) is 0 Å². The standard InChI is InChI=1S/C21H12Cl2.C21H25.C5H5.2ClH.Zr/c22-20-11-9-14(16-5-1-3-7-18(16)20)13-15-10-12-21(23)19-8-4-2-6-17(15)19;1-20(2,3)16-9-7-14-11-15-8-10-17(21(4,5)6)13-19(15)18(14)12-16;1-2-4-5-3-1;;;/h1-12H;7,9-10,12-13H,11H2,1-6H3;1-5H;2*1H;/q;;;;;+2/p-2. The Hall–Kier alpha value is -2.77. The predicted molar refractivity (Wildman–Crippen MR) is 215 cm³/mol. The molecule has 0 fully saturated rings. The second-order valence-electron chi connectivity index (χ2n) is 16.0. The van der Waals surface area contributed by atoms with Crippen LogP contribution in [0.2, 0.25) is 13.7 Å². The molecule has 0 atom stereocenters. The van der Waals surface area contributed by atoms with E-state index in [1.165, 1.54) is 58.5 Å². The largest absolute Gasteiger partial charge is 1.00 e. The third kappa shape index (κ3) is 6.87. The van der Waals surface area contributed by atoms with Crippen LogP contribution in [0.1, 0.15) is 74.9 Å². The molecule has 0 unspecified atom stereocenters. The van der Waals surface area contributed by atoms with Crippen LogP contribution < -0.4 is 28.1 Å². The number of hydrogen-bond donors (Lipinski definition) is 0. The minimum absolute atomic E-state index is 0. The third-order valence-corrected chi connectivity index (χ3v) is 19.1. The molecule has 0 aliphatic heterocycles. The molecule has 2 aliphatic rings. The summed E-state index contributed by atoms with van der Waals surface area (Å²) in [5.41, 5.74) is 11.3. The Morgan fingerprint density at radius 2 is 1.08 bits per heavy atom. The van der Waals surface area contributed by atoms with E-state index in [2.05, 4.69) is 169 Å². The summed E-state index contributed by atoms with van der Waals surface area (Å²) in [4.78, 5) is 0. The van der Waals surface area contributed by atoms with Gasteiger partial charge in [0.25, 0.3) is 0 Å². The van der Waals surface area contributed by atoms with E-state index in [1.54, 1.807) is 3.27 Å². The van der Waals surface area contributed by atoms with Gasteiger partial charge in [0.15, 0.2) is 0 Å². The van der Waals surface area contributed by atoms with Crippen LogP contribution in [0.3, 0.4) is 0 Å². The number of halogens is 4. The van der Waals surface area contributed by atoms with Crippen LogP contribution in [0.25, 0.3) is 32.7 Å². The summed E-state index contributed by atoms with van der Waals surface area (Å²) in [6, 6.07) is 38.5. The minimum Gasteiger partial charge on any atom is -1.00 e. The predicted octanol–water partition coefficient (Wildman–Crippen LogP) is 6.90. The minimum atomic E-state index is -3.02. The maximum absolute atomic E-state index is 6.93. The van der Waals surface area contributed by atoms with Gasteiger partial charge in [-0.25, -0.2) is 0 Å². The topological polar surface area (TPSA) is 0 Å². The average molecular weight is 840 g/mol. The first kappa shape index (κ1) is 38.9. The number of benzene rings is 6. The van der Waals surface area contributed by atoms with Crippen molar-refractivity contribution in [2.75, 3.05) is 0 Å². The summed E-state index contributed by atoms with van der Waals surface area (Å²) in [5, 5.41) is 6.18. The molecular formula is C47H42Cl4Zr. The van der Waals surface area contributed by atoms with Gasteiger partial charge in [0.2, 0.25) is 0 Å². The molecule has 0 nitrogen and oxygen atoms in total. The maximum Gasteiger partial charge on any atom is -1.00 e. The second kappa shape index (κ2) is 14.8. The van der Waals surface area contributed by atoms with Crippen LogP contribution in [0, 0.1) is 0 Å². The molecule has 0 saturated carbocycles. The molecule has 262 valence electrons. The number of allylic oxidation sites excluding steroid dienone is 4. The normalized spacial score (nSPS) is 13.4. The average Bonchev–Trinajstić information content (AvgIpc) is 3.76. The van der Waals surface area contributed by atoms with Crippen molar-refractivity contribution < 1.29 is 46.1 Å². The molecule has 0 aromatic heterocycles. The van der Waals surface area contributed by atoms with Gasteiger partial charge in [-0.15, -0.1) is 0 Å². The van der Waals surface area contributed by atoms with Crippen molar-refractivity contribution >= 4 is 51.2 Å². The Kier molecular flexibility index (Phi) is 11.1. The Morgan fingerprint density at radius 1 is 0.577 bits per heavy atom. The molecule has 2 aliphatic carbocycles. The molecule has 6 aromatic carbocycles. The van der Waals surface area contributed by atoms with Crippen molar-refractivity contribution in [1.82, 2.24) is 0 Å². The van der Waals surface area contributed by atoms with Gasteiger partial charge in [-0.1, -0.05) is 0 Å². The fourth-order valence-corrected chi connectivity index (χ4v) is 16.8. The summed E-state index contributed by atoms with van der Waals surface area (Å²) < 4.78 is 3.44. The first-order valence-corrected chi connectivity index (χ1v) is 22.3. The molecule has 0 saturated heterocycles. The zero-order valence-electron chi connectivity index (χ0n) is 30.4. The molecule has 0 amide bonds. The van der Waals surface area contributed by atoms with Gasteiger partial charge >= 0.3 is 317 Å². The summed E-state index contributed by atoms with van der Waals surface area (Å²) in [7, 11) is 0. The van der Waals surface area contributed by atoms with Crippen molar-refractivity contribution in [3.8, 4) is 11.1 Å². The molecule has 0 spiro atoms. The van der Waals surface area contributed by atoms with Crippen molar-refractivity contribution in [3.05, 3.63) is 171 Å². The molecule has 6 aromatic rings. The van der Waals surface area contributed by atoms with Crippen LogP contribution in [0.5, 0.6) is 0 Å². The molecule has 8 rings (SSSR count). The molecule has 0 heterocycles. The number of rotatable bonds is 4. The van der Waals surface area contributed by atoms with E-state index < -0.39 is 21.3 Å². The first-order chi connectivity index (χ1) is 23.9. The quantitative estimate of drug-likeness (QED) is 0.181. The summed E-state index contributed by atoms with van der Waals surface area (Å²) in [5.74, 6) is 0. The summed E-state index contributed by atoms with van der Waals surface area (Å²) >= 11 is 10.8. The monoisotopic (exact) mass is 836 g/mol. The Balaban J connectivity index is 0.00000232. The van der Waals surface area contributed by atoms with Crippen LogP contribution in [-0.2, 0) is 38.5 Å². The van der Waals surface area contributed by atoms with Gasteiger partial charge in [-0.05, 0) is 0 Å². The van der Waals surface area contributed by atoms with Gasteiger partial charge < -0.3 is 24.8 Å². The third-order valence-electron chi connectivity index (χ3n) is 10.7. The van der Waals surface area contributed by atoms with Crippen molar-refractivity contribution in [2.24, 2.45) is 0 Å².